The van der Waals surface area contributed by atoms with Crippen LogP contribution >= 0.6 is 0 Å². The second kappa shape index (κ2) is 13.1. The summed E-state index contributed by atoms with van der Waals surface area (Å²) in [6, 6.07) is 0. The first kappa shape index (κ1) is 23.9. The largest absolute Gasteiger partial charge is 0.466 e. The van der Waals surface area contributed by atoms with Crippen LogP contribution in [0.1, 0.15) is 65.2 Å². The van der Waals surface area contributed by atoms with E-state index in [1.165, 1.54) is 0 Å². The number of allylic oxidation sites excluding steroid dienone is 5. The lowest BCUT2D eigenvalue weighted by atomic mass is 9.89. The molecule has 3 atom stereocenters. The van der Waals surface area contributed by atoms with Crippen molar-refractivity contribution in [3.8, 4) is 12.3 Å². The molecule has 4 nitrogen and oxygen atoms in total. The third kappa shape index (κ3) is 8.71. The lowest BCUT2D eigenvalue weighted by Gasteiger charge is -2.20. The Balaban J connectivity index is 2.45. The summed E-state index contributed by atoms with van der Waals surface area (Å²) in [6.45, 7) is 4.28. The highest BCUT2D eigenvalue weighted by molar-refractivity contribution is 5.95. The van der Waals surface area contributed by atoms with Gasteiger partial charge in [0.05, 0.1) is 6.61 Å². The van der Waals surface area contributed by atoms with Gasteiger partial charge in [-0.25, -0.2) is 0 Å². The molecule has 0 heterocycles. The maximum atomic E-state index is 12.1. The lowest BCUT2D eigenvalue weighted by Crippen LogP contribution is -2.25. The predicted octanol–water partition coefficient (Wildman–Crippen LogP) is 4.54. The molecule has 1 unspecified atom stereocenters. The van der Waals surface area contributed by atoms with E-state index in [0.29, 0.717) is 32.3 Å². The third-order valence-corrected chi connectivity index (χ3v) is 4.95. The Bertz CT molecular complexity index is 623. The second-order valence-electron chi connectivity index (χ2n) is 7.26. The van der Waals surface area contributed by atoms with Gasteiger partial charge in [0.15, 0.2) is 5.78 Å². The molecule has 0 aromatic carbocycles. The van der Waals surface area contributed by atoms with Crippen LogP contribution in [-0.4, -0.2) is 29.1 Å². The Morgan fingerprint density at radius 3 is 2.79 bits per heavy atom. The van der Waals surface area contributed by atoms with E-state index in [1.54, 1.807) is 13.0 Å². The van der Waals surface area contributed by atoms with Crippen molar-refractivity contribution in [1.29, 1.82) is 0 Å². The van der Waals surface area contributed by atoms with Crippen LogP contribution in [0.5, 0.6) is 0 Å². The summed E-state index contributed by atoms with van der Waals surface area (Å²) in [5.74, 6) is 2.40. The number of rotatable bonds is 13. The molecular formula is C24H34O4. The highest BCUT2D eigenvalue weighted by Crippen LogP contribution is 2.28. The average molecular weight is 387 g/mol. The van der Waals surface area contributed by atoms with Crippen LogP contribution in [0.15, 0.2) is 36.5 Å². The van der Waals surface area contributed by atoms with Gasteiger partial charge in [-0.2, -0.15) is 0 Å². The first-order valence-electron chi connectivity index (χ1n) is 10.3. The zero-order valence-corrected chi connectivity index (χ0v) is 17.2. The van der Waals surface area contributed by atoms with Crippen LogP contribution in [0.4, 0.5) is 0 Å². The van der Waals surface area contributed by atoms with Crippen molar-refractivity contribution in [3.05, 3.63) is 36.5 Å². The summed E-state index contributed by atoms with van der Waals surface area (Å²) >= 11 is 0. The fourth-order valence-electron chi connectivity index (χ4n) is 3.21. The van der Waals surface area contributed by atoms with E-state index in [2.05, 4.69) is 12.8 Å². The van der Waals surface area contributed by atoms with Crippen LogP contribution in [-0.2, 0) is 14.3 Å². The molecule has 0 aromatic rings. The number of hydrogen-bond donors (Lipinski definition) is 1. The van der Waals surface area contributed by atoms with Crippen molar-refractivity contribution < 1.29 is 19.4 Å². The monoisotopic (exact) mass is 386 g/mol. The summed E-state index contributed by atoms with van der Waals surface area (Å²) in [6.07, 6.45) is 22.4. The van der Waals surface area contributed by atoms with Crippen LogP contribution in [0.25, 0.3) is 0 Å². The number of ketones is 1. The maximum Gasteiger partial charge on any atom is 0.305 e. The summed E-state index contributed by atoms with van der Waals surface area (Å²) in [5, 5.41) is 10.4. The normalized spacial score (nSPS) is 21.3. The zero-order valence-electron chi connectivity index (χ0n) is 17.2. The Morgan fingerprint density at radius 1 is 1.32 bits per heavy atom. The Labute approximate surface area is 169 Å². The Kier molecular flexibility index (Phi) is 11.2. The molecule has 0 aromatic heterocycles. The molecule has 0 radical (unpaired) electrons. The average Bonchev–Trinajstić information content (AvgIpc) is 3.03. The maximum absolute atomic E-state index is 12.1. The quantitative estimate of drug-likeness (QED) is 0.218. The number of esters is 1. The van der Waals surface area contributed by atoms with Crippen LogP contribution < -0.4 is 0 Å². The topological polar surface area (TPSA) is 63.6 Å². The molecule has 0 bridgehead atoms. The minimum atomic E-state index is -1.10. The molecule has 28 heavy (non-hydrogen) atoms. The number of carbonyl (C=O) groups is 2. The zero-order chi connectivity index (χ0) is 20.8. The van der Waals surface area contributed by atoms with E-state index in [-0.39, 0.29) is 23.6 Å². The van der Waals surface area contributed by atoms with Crippen molar-refractivity contribution in [3.63, 3.8) is 0 Å². The van der Waals surface area contributed by atoms with Crippen molar-refractivity contribution in [1.82, 2.24) is 0 Å². The van der Waals surface area contributed by atoms with Gasteiger partial charge in [-0.05, 0) is 45.1 Å². The van der Waals surface area contributed by atoms with Gasteiger partial charge in [0.25, 0.3) is 0 Å². The molecule has 0 fully saturated rings. The Morgan fingerprint density at radius 2 is 2.11 bits per heavy atom. The van der Waals surface area contributed by atoms with Crippen molar-refractivity contribution >= 4 is 11.8 Å². The highest BCUT2D eigenvalue weighted by Gasteiger charge is 2.27. The van der Waals surface area contributed by atoms with Crippen LogP contribution in [0.3, 0.4) is 0 Å². The van der Waals surface area contributed by atoms with Gasteiger partial charge in [0.1, 0.15) is 5.60 Å². The molecular weight excluding hydrogens is 352 g/mol. The number of ether oxygens (including phenoxy) is 1. The minimum absolute atomic E-state index is 0.0323. The van der Waals surface area contributed by atoms with Gasteiger partial charge in [-0.3, -0.25) is 9.59 Å². The SMILES string of the molecule is C#CC(O)(CC=C[C@H]1C=CC(=O)[C@@H]1C/C=C\CCCC(=O)OCC)CCCC. The van der Waals surface area contributed by atoms with Gasteiger partial charge in [-0.1, -0.05) is 49.6 Å². The van der Waals surface area contributed by atoms with Gasteiger partial charge in [-0.15, -0.1) is 6.42 Å². The van der Waals surface area contributed by atoms with E-state index < -0.39 is 5.60 Å². The van der Waals surface area contributed by atoms with E-state index in [9.17, 15) is 14.7 Å². The van der Waals surface area contributed by atoms with Crippen molar-refractivity contribution in [2.24, 2.45) is 11.8 Å². The molecule has 1 aliphatic carbocycles. The van der Waals surface area contributed by atoms with Gasteiger partial charge >= 0.3 is 5.97 Å². The summed E-state index contributed by atoms with van der Waals surface area (Å²) in [4.78, 5) is 23.4. The first-order valence-corrected chi connectivity index (χ1v) is 10.3. The molecule has 4 heteroatoms. The van der Waals surface area contributed by atoms with E-state index in [1.807, 2.05) is 30.4 Å². The van der Waals surface area contributed by atoms with Gasteiger partial charge < -0.3 is 9.84 Å². The van der Waals surface area contributed by atoms with Crippen molar-refractivity contribution in [2.75, 3.05) is 6.61 Å². The summed E-state index contributed by atoms with van der Waals surface area (Å²) in [5.41, 5.74) is -1.10. The number of carbonyl (C=O) groups excluding carboxylic acids is 2. The van der Waals surface area contributed by atoms with Crippen LogP contribution in [0, 0.1) is 24.2 Å². The van der Waals surface area contributed by atoms with E-state index in [0.717, 1.165) is 25.7 Å². The lowest BCUT2D eigenvalue weighted by molar-refractivity contribution is -0.143. The Hall–Kier alpha value is -2.12. The second-order valence-corrected chi connectivity index (χ2v) is 7.26. The molecule has 1 rings (SSSR count). The van der Waals surface area contributed by atoms with Gasteiger partial charge in [0, 0.05) is 24.7 Å². The molecule has 0 aliphatic heterocycles. The first-order chi connectivity index (χ1) is 13.5. The van der Waals surface area contributed by atoms with E-state index in [4.69, 9.17) is 11.2 Å². The molecule has 0 amide bonds. The fraction of sp³-hybridized carbons (Fsp3) is 0.583. The smallest absolute Gasteiger partial charge is 0.305 e. The molecule has 0 saturated carbocycles. The number of hydrogen-bond acceptors (Lipinski definition) is 4. The number of aliphatic hydroxyl groups is 1. The molecule has 0 saturated heterocycles. The minimum Gasteiger partial charge on any atom is -0.466 e. The van der Waals surface area contributed by atoms with Crippen LogP contribution in [0.2, 0.25) is 0 Å². The summed E-state index contributed by atoms with van der Waals surface area (Å²) in [7, 11) is 0. The molecule has 0 spiro atoms. The fourth-order valence-corrected chi connectivity index (χ4v) is 3.21. The highest BCUT2D eigenvalue weighted by atomic mass is 16.5. The molecule has 1 aliphatic rings. The van der Waals surface area contributed by atoms with Gasteiger partial charge in [0.2, 0.25) is 0 Å². The summed E-state index contributed by atoms with van der Waals surface area (Å²) < 4.78 is 4.90. The van der Waals surface area contributed by atoms with E-state index >= 15 is 0 Å². The third-order valence-electron chi connectivity index (χ3n) is 4.95. The molecule has 154 valence electrons. The number of unbranched alkanes of at least 4 members (excludes halogenated alkanes) is 2. The van der Waals surface area contributed by atoms with Crippen molar-refractivity contribution in [2.45, 2.75) is 70.8 Å². The standard InChI is InChI=1S/C24H34O4/c1-4-7-18-24(27,5-2)19-12-13-20-16-17-22(25)21(20)14-10-8-9-11-15-23(26)28-6-3/h2,8,10,12-13,16-17,20-21,27H,4,6-7,9,11,14-15,18-19H2,1,3H3/b10-8-,13-12?/t20-,21+,24?/m0/s1. The predicted molar refractivity (Wildman–Crippen MR) is 112 cm³/mol. The molecule has 1 N–H and O–H groups in total. The number of terminal acetylenes is 1.